The van der Waals surface area contributed by atoms with Crippen LogP contribution >= 0.6 is 22.7 Å². The molecule has 0 spiro atoms. The fourth-order valence-corrected chi connectivity index (χ4v) is 3.22. The number of nitrogens with zero attached hydrogens (tertiary/aromatic N) is 1. The lowest BCUT2D eigenvalue weighted by Gasteiger charge is -1.94. The van der Waals surface area contributed by atoms with E-state index in [-0.39, 0.29) is 5.97 Å². The molecule has 0 aliphatic rings. The van der Waals surface area contributed by atoms with Gasteiger partial charge in [0.2, 0.25) is 0 Å². The number of hydrogen-bond donors (Lipinski definition) is 0. The van der Waals surface area contributed by atoms with Crippen LogP contribution in [0.3, 0.4) is 0 Å². The molecule has 2 heterocycles. The maximum Gasteiger partial charge on any atom is 0.339 e. The van der Waals surface area contributed by atoms with Crippen molar-refractivity contribution < 1.29 is 9.53 Å². The van der Waals surface area contributed by atoms with Gasteiger partial charge in [-0.2, -0.15) is 5.26 Å². The van der Waals surface area contributed by atoms with E-state index in [2.05, 4.69) is 10.8 Å². The quantitative estimate of drug-likeness (QED) is 0.698. The third kappa shape index (κ3) is 1.20. The van der Waals surface area contributed by atoms with Crippen LogP contribution in [0.4, 0.5) is 0 Å². The summed E-state index contributed by atoms with van der Waals surface area (Å²) in [6, 6.07) is 2.06. The average Bonchev–Trinajstić information content (AvgIpc) is 2.76. The van der Waals surface area contributed by atoms with Crippen molar-refractivity contribution in [3.05, 3.63) is 21.9 Å². The van der Waals surface area contributed by atoms with Crippen LogP contribution in [0.1, 0.15) is 15.9 Å². The van der Waals surface area contributed by atoms with Crippen LogP contribution < -0.4 is 0 Å². The van der Waals surface area contributed by atoms with Crippen LogP contribution in [0.5, 0.6) is 0 Å². The first kappa shape index (κ1) is 9.19. The molecule has 70 valence electrons. The minimum atomic E-state index is -0.383. The number of ether oxygens (including phenoxy) is 1. The highest BCUT2D eigenvalue weighted by molar-refractivity contribution is 7.37. The molecule has 5 heteroatoms. The zero-order chi connectivity index (χ0) is 10.1. The molecule has 0 radical (unpaired) electrons. The van der Waals surface area contributed by atoms with E-state index in [1.165, 1.54) is 29.8 Å². The Kier molecular flexibility index (Phi) is 2.23. The molecule has 2 aromatic heterocycles. The second-order valence-corrected chi connectivity index (χ2v) is 4.58. The number of carbonyl (C=O) groups excluding carboxylic acids is 1. The molecular formula is C9H5NO2S2. The molecule has 0 aliphatic heterocycles. The van der Waals surface area contributed by atoms with Gasteiger partial charge in [0, 0.05) is 16.1 Å². The molecule has 14 heavy (non-hydrogen) atoms. The van der Waals surface area contributed by atoms with E-state index >= 15 is 0 Å². The molecule has 2 aromatic rings. The summed E-state index contributed by atoms with van der Waals surface area (Å²) in [5.74, 6) is -0.383. The molecule has 0 bridgehead atoms. The van der Waals surface area contributed by atoms with E-state index in [1.807, 2.05) is 0 Å². The van der Waals surface area contributed by atoms with Crippen LogP contribution in [-0.2, 0) is 4.74 Å². The average molecular weight is 223 g/mol. The van der Waals surface area contributed by atoms with Crippen LogP contribution in [0.2, 0.25) is 0 Å². The third-order valence-corrected chi connectivity index (χ3v) is 3.96. The molecule has 0 aromatic carbocycles. The molecule has 0 saturated carbocycles. The van der Waals surface area contributed by atoms with Crippen molar-refractivity contribution in [3.8, 4) is 6.07 Å². The number of fused-ring (bicyclic) bond motifs is 1. The maximum atomic E-state index is 11.3. The van der Waals surface area contributed by atoms with Crippen molar-refractivity contribution >= 4 is 38.0 Å². The summed E-state index contributed by atoms with van der Waals surface area (Å²) >= 11 is 2.94. The van der Waals surface area contributed by atoms with Gasteiger partial charge < -0.3 is 4.74 Å². The monoisotopic (exact) mass is 223 g/mol. The van der Waals surface area contributed by atoms with Crippen LogP contribution in [0, 0.1) is 11.3 Å². The Morgan fingerprint density at radius 3 is 2.86 bits per heavy atom. The molecule has 2 rings (SSSR count). The van der Waals surface area contributed by atoms with Gasteiger partial charge in [0.15, 0.2) is 0 Å². The third-order valence-electron chi connectivity index (χ3n) is 1.84. The summed E-state index contributed by atoms with van der Waals surface area (Å²) in [5, 5.41) is 13.0. The topological polar surface area (TPSA) is 50.1 Å². The van der Waals surface area contributed by atoms with Crippen molar-refractivity contribution in [2.75, 3.05) is 7.11 Å². The summed E-state index contributed by atoms with van der Waals surface area (Å²) in [7, 11) is 1.34. The first-order valence-corrected chi connectivity index (χ1v) is 5.51. The maximum absolute atomic E-state index is 11.3. The lowest BCUT2D eigenvalue weighted by atomic mass is 10.2. The fourth-order valence-electron chi connectivity index (χ4n) is 1.20. The van der Waals surface area contributed by atoms with Gasteiger partial charge >= 0.3 is 5.97 Å². The van der Waals surface area contributed by atoms with E-state index in [1.54, 1.807) is 10.8 Å². The molecule has 0 aliphatic carbocycles. The van der Waals surface area contributed by atoms with Gasteiger partial charge in [0.25, 0.3) is 0 Å². The highest BCUT2D eigenvalue weighted by atomic mass is 32.2. The van der Waals surface area contributed by atoms with E-state index < -0.39 is 0 Å². The number of rotatable bonds is 1. The Labute approximate surface area is 88.2 Å². The molecule has 3 nitrogen and oxygen atoms in total. The van der Waals surface area contributed by atoms with Crippen molar-refractivity contribution in [1.29, 1.82) is 5.26 Å². The smallest absolute Gasteiger partial charge is 0.339 e. The van der Waals surface area contributed by atoms with Gasteiger partial charge in [-0.1, -0.05) is 0 Å². The van der Waals surface area contributed by atoms with Crippen molar-refractivity contribution in [2.45, 2.75) is 0 Å². The highest BCUT2D eigenvalue weighted by Gasteiger charge is 2.16. The zero-order valence-corrected chi connectivity index (χ0v) is 8.87. The fraction of sp³-hybridized carbons (Fsp3) is 0.111. The summed E-state index contributed by atoms with van der Waals surface area (Å²) in [4.78, 5) is 11.3. The minimum Gasteiger partial charge on any atom is -0.465 e. The number of hydrogen-bond acceptors (Lipinski definition) is 5. The summed E-state index contributed by atoms with van der Waals surface area (Å²) in [6.07, 6.45) is 0. The number of esters is 1. The molecule has 0 saturated heterocycles. The molecule has 0 fully saturated rings. The number of nitriles is 1. The van der Waals surface area contributed by atoms with E-state index in [4.69, 9.17) is 5.26 Å². The SMILES string of the molecule is COC(=O)c1csc2scc(C#N)c12. The summed E-state index contributed by atoms with van der Waals surface area (Å²) in [6.45, 7) is 0. The number of methoxy groups -OCH3 is 1. The second-order valence-electron chi connectivity index (χ2n) is 2.56. The molecule has 0 N–H and O–H groups in total. The second kappa shape index (κ2) is 3.40. The van der Waals surface area contributed by atoms with Crippen LogP contribution in [0.25, 0.3) is 9.40 Å². The Balaban J connectivity index is 2.72. The van der Waals surface area contributed by atoms with Crippen molar-refractivity contribution in [2.24, 2.45) is 0 Å². The first-order valence-electron chi connectivity index (χ1n) is 3.75. The molecular weight excluding hydrogens is 218 g/mol. The Hall–Kier alpha value is -1.38. The minimum absolute atomic E-state index is 0.383. The van der Waals surface area contributed by atoms with Crippen molar-refractivity contribution in [1.82, 2.24) is 0 Å². The Morgan fingerprint density at radius 1 is 1.50 bits per heavy atom. The molecule has 0 amide bonds. The number of thiophene rings is 2. The van der Waals surface area contributed by atoms with Gasteiger partial charge in [-0.3, -0.25) is 0 Å². The predicted molar refractivity (Wildman–Crippen MR) is 55.8 cm³/mol. The van der Waals surface area contributed by atoms with E-state index in [9.17, 15) is 4.79 Å². The largest absolute Gasteiger partial charge is 0.465 e. The molecule has 0 unspecified atom stereocenters. The summed E-state index contributed by atoms with van der Waals surface area (Å²) < 4.78 is 5.62. The Bertz CT molecular complexity index is 532. The van der Waals surface area contributed by atoms with Gasteiger partial charge in [-0.05, 0) is 0 Å². The van der Waals surface area contributed by atoms with Crippen molar-refractivity contribution in [3.63, 3.8) is 0 Å². The van der Waals surface area contributed by atoms with E-state index in [0.717, 1.165) is 9.40 Å². The predicted octanol–water partition coefficient (Wildman–Crippen LogP) is 2.62. The van der Waals surface area contributed by atoms with Gasteiger partial charge in [0.1, 0.15) is 6.07 Å². The first-order chi connectivity index (χ1) is 6.77. The van der Waals surface area contributed by atoms with Gasteiger partial charge in [-0.15, -0.1) is 22.7 Å². The Morgan fingerprint density at radius 2 is 2.21 bits per heavy atom. The van der Waals surface area contributed by atoms with Crippen LogP contribution in [0.15, 0.2) is 10.8 Å². The lowest BCUT2D eigenvalue weighted by Crippen LogP contribution is -1.99. The standard InChI is InChI=1S/C9H5NO2S2/c1-12-8(11)6-4-14-9-7(6)5(2-10)3-13-9/h3-4H,1H3. The summed E-state index contributed by atoms with van der Waals surface area (Å²) in [5.41, 5.74) is 1.04. The molecule has 0 atom stereocenters. The van der Waals surface area contributed by atoms with E-state index in [0.29, 0.717) is 11.1 Å². The number of carbonyl (C=O) groups is 1. The van der Waals surface area contributed by atoms with Gasteiger partial charge in [0.05, 0.1) is 22.3 Å². The zero-order valence-electron chi connectivity index (χ0n) is 7.23. The highest BCUT2D eigenvalue weighted by Crippen LogP contribution is 2.34. The van der Waals surface area contributed by atoms with Gasteiger partial charge in [-0.25, -0.2) is 4.79 Å². The van der Waals surface area contributed by atoms with Crippen LogP contribution in [-0.4, -0.2) is 13.1 Å². The normalized spacial score (nSPS) is 10.0. The lowest BCUT2D eigenvalue weighted by molar-refractivity contribution is 0.0603.